The molecular formula is C18H28N2O2. The zero-order valence-corrected chi connectivity index (χ0v) is 13.8. The van der Waals surface area contributed by atoms with E-state index in [9.17, 15) is 0 Å². The van der Waals surface area contributed by atoms with Gasteiger partial charge in [-0.3, -0.25) is 4.90 Å². The number of hydrogen-bond acceptors (Lipinski definition) is 4. The molecule has 3 rings (SSSR count). The highest BCUT2D eigenvalue weighted by atomic mass is 16.5. The maximum Gasteiger partial charge on any atom is 0.124 e. The van der Waals surface area contributed by atoms with Gasteiger partial charge in [0.2, 0.25) is 0 Å². The van der Waals surface area contributed by atoms with Crippen LogP contribution in [0, 0.1) is 0 Å². The van der Waals surface area contributed by atoms with E-state index in [0.717, 1.165) is 51.4 Å². The van der Waals surface area contributed by atoms with Crippen molar-refractivity contribution in [3.05, 3.63) is 29.8 Å². The third kappa shape index (κ3) is 3.80. The maximum atomic E-state index is 6.00. The van der Waals surface area contributed by atoms with Gasteiger partial charge in [-0.25, -0.2) is 0 Å². The molecule has 4 nitrogen and oxygen atoms in total. The molecule has 2 aliphatic heterocycles. The lowest BCUT2D eigenvalue weighted by Crippen LogP contribution is -2.51. The van der Waals surface area contributed by atoms with Crippen molar-refractivity contribution in [2.24, 2.45) is 0 Å². The second-order valence-electron chi connectivity index (χ2n) is 6.55. The Morgan fingerprint density at radius 1 is 1.23 bits per heavy atom. The van der Waals surface area contributed by atoms with Gasteiger partial charge >= 0.3 is 0 Å². The Labute approximate surface area is 133 Å². The summed E-state index contributed by atoms with van der Waals surface area (Å²) in [6, 6.07) is 9.48. The smallest absolute Gasteiger partial charge is 0.124 e. The fourth-order valence-corrected chi connectivity index (χ4v) is 3.49. The first kappa shape index (κ1) is 15.8. The molecule has 0 aliphatic carbocycles. The Balaban J connectivity index is 1.71. The van der Waals surface area contributed by atoms with Crippen LogP contribution in [0.15, 0.2) is 24.3 Å². The van der Waals surface area contributed by atoms with Gasteiger partial charge in [0.15, 0.2) is 0 Å². The zero-order chi connectivity index (χ0) is 15.4. The fraction of sp³-hybridized carbons (Fsp3) is 0.667. The second-order valence-corrected chi connectivity index (χ2v) is 6.55. The highest BCUT2D eigenvalue weighted by Crippen LogP contribution is 2.29. The predicted molar refractivity (Wildman–Crippen MR) is 88.4 cm³/mol. The standard InChI is InChI=1S/C18H28N2O2/c1-14(2)22-18-6-4-3-5-16(18)17-13-20(10-9-19-17)15-7-11-21-12-8-15/h3-6,14-15,17,19H,7-13H2,1-2H3. The third-order valence-corrected chi connectivity index (χ3v) is 4.57. The quantitative estimate of drug-likeness (QED) is 0.927. The Hall–Kier alpha value is -1.10. The van der Waals surface area contributed by atoms with Gasteiger partial charge in [0.25, 0.3) is 0 Å². The van der Waals surface area contributed by atoms with Crippen LogP contribution >= 0.6 is 0 Å². The lowest BCUT2D eigenvalue weighted by Gasteiger charge is -2.40. The molecule has 0 amide bonds. The topological polar surface area (TPSA) is 33.7 Å². The minimum absolute atomic E-state index is 0.205. The monoisotopic (exact) mass is 304 g/mol. The summed E-state index contributed by atoms with van der Waals surface area (Å²) in [5.41, 5.74) is 1.29. The molecule has 122 valence electrons. The molecule has 2 aliphatic rings. The third-order valence-electron chi connectivity index (χ3n) is 4.57. The second kappa shape index (κ2) is 7.44. The predicted octanol–water partition coefficient (Wildman–Crippen LogP) is 2.60. The van der Waals surface area contributed by atoms with Crippen molar-refractivity contribution in [2.45, 2.75) is 44.9 Å². The van der Waals surface area contributed by atoms with E-state index in [-0.39, 0.29) is 6.10 Å². The van der Waals surface area contributed by atoms with Crippen molar-refractivity contribution in [3.63, 3.8) is 0 Å². The summed E-state index contributed by atoms with van der Waals surface area (Å²) in [5.74, 6) is 1.02. The van der Waals surface area contributed by atoms with Crippen molar-refractivity contribution >= 4 is 0 Å². The Morgan fingerprint density at radius 3 is 2.77 bits per heavy atom. The number of benzene rings is 1. The molecule has 1 atom stereocenters. The average molecular weight is 304 g/mol. The highest BCUT2D eigenvalue weighted by molar-refractivity contribution is 5.36. The molecule has 1 aromatic rings. The molecule has 4 heteroatoms. The summed E-state index contributed by atoms with van der Waals surface area (Å²) < 4.78 is 11.5. The van der Waals surface area contributed by atoms with E-state index in [0.29, 0.717) is 12.1 Å². The van der Waals surface area contributed by atoms with Crippen LogP contribution in [-0.4, -0.2) is 49.9 Å². The van der Waals surface area contributed by atoms with Gasteiger partial charge in [0.1, 0.15) is 5.75 Å². The molecule has 22 heavy (non-hydrogen) atoms. The number of nitrogens with one attached hydrogen (secondary N) is 1. The van der Waals surface area contributed by atoms with Gasteiger partial charge in [0, 0.05) is 50.5 Å². The van der Waals surface area contributed by atoms with E-state index in [1.165, 1.54) is 5.56 Å². The van der Waals surface area contributed by atoms with Crippen LogP contribution in [0.25, 0.3) is 0 Å². The molecule has 2 heterocycles. The van der Waals surface area contributed by atoms with Crippen LogP contribution < -0.4 is 10.1 Å². The van der Waals surface area contributed by atoms with Gasteiger partial charge in [-0.05, 0) is 32.8 Å². The van der Waals surface area contributed by atoms with Crippen LogP contribution in [0.4, 0.5) is 0 Å². The van der Waals surface area contributed by atoms with Crippen molar-refractivity contribution in [1.29, 1.82) is 0 Å². The Bertz CT molecular complexity index is 472. The van der Waals surface area contributed by atoms with Crippen molar-refractivity contribution < 1.29 is 9.47 Å². The molecule has 0 spiro atoms. The normalized spacial score (nSPS) is 24.6. The highest BCUT2D eigenvalue weighted by Gasteiger charge is 2.28. The molecule has 2 fully saturated rings. The largest absolute Gasteiger partial charge is 0.491 e. The first-order chi connectivity index (χ1) is 10.7. The number of nitrogens with zero attached hydrogens (tertiary/aromatic N) is 1. The molecule has 1 unspecified atom stereocenters. The SMILES string of the molecule is CC(C)Oc1ccccc1C1CN(C2CCOCC2)CCN1. The van der Waals surface area contributed by atoms with Gasteiger partial charge < -0.3 is 14.8 Å². The van der Waals surface area contributed by atoms with Crippen molar-refractivity contribution in [3.8, 4) is 5.75 Å². The Kier molecular flexibility index (Phi) is 5.34. The van der Waals surface area contributed by atoms with Crippen LogP contribution in [0.1, 0.15) is 38.3 Å². The molecule has 1 N–H and O–H groups in total. The van der Waals surface area contributed by atoms with E-state index in [1.807, 2.05) is 0 Å². The molecule has 0 bridgehead atoms. The molecular weight excluding hydrogens is 276 g/mol. The molecule has 0 aromatic heterocycles. The number of hydrogen-bond donors (Lipinski definition) is 1. The molecule has 1 aromatic carbocycles. The van der Waals surface area contributed by atoms with E-state index < -0.39 is 0 Å². The summed E-state index contributed by atoms with van der Waals surface area (Å²) in [5, 5.41) is 3.67. The zero-order valence-electron chi connectivity index (χ0n) is 13.8. The minimum Gasteiger partial charge on any atom is -0.491 e. The van der Waals surface area contributed by atoms with E-state index in [1.54, 1.807) is 0 Å². The lowest BCUT2D eigenvalue weighted by molar-refractivity contribution is 0.0231. The lowest BCUT2D eigenvalue weighted by atomic mass is 10.00. The van der Waals surface area contributed by atoms with Crippen LogP contribution in [0.3, 0.4) is 0 Å². The van der Waals surface area contributed by atoms with Gasteiger partial charge in [-0.15, -0.1) is 0 Å². The number of piperazine rings is 1. The number of ether oxygens (including phenoxy) is 2. The molecule has 0 radical (unpaired) electrons. The first-order valence-electron chi connectivity index (χ1n) is 8.55. The van der Waals surface area contributed by atoms with Gasteiger partial charge in [-0.2, -0.15) is 0 Å². The maximum absolute atomic E-state index is 6.00. The first-order valence-corrected chi connectivity index (χ1v) is 8.55. The van der Waals surface area contributed by atoms with E-state index in [2.05, 4.69) is 48.3 Å². The van der Waals surface area contributed by atoms with E-state index in [4.69, 9.17) is 9.47 Å². The molecule has 0 saturated carbocycles. The summed E-state index contributed by atoms with van der Waals surface area (Å²) in [6.07, 6.45) is 2.53. The number of rotatable bonds is 4. The van der Waals surface area contributed by atoms with Gasteiger partial charge in [0.05, 0.1) is 6.10 Å². The average Bonchev–Trinajstić information content (AvgIpc) is 2.56. The Morgan fingerprint density at radius 2 is 2.00 bits per heavy atom. The van der Waals surface area contributed by atoms with Crippen molar-refractivity contribution in [1.82, 2.24) is 10.2 Å². The summed E-state index contributed by atoms with van der Waals surface area (Å²) in [6.45, 7) is 9.22. The van der Waals surface area contributed by atoms with Crippen LogP contribution in [0.2, 0.25) is 0 Å². The molecule has 2 saturated heterocycles. The van der Waals surface area contributed by atoms with Crippen LogP contribution in [0.5, 0.6) is 5.75 Å². The summed E-state index contributed by atoms with van der Waals surface area (Å²) in [7, 11) is 0. The summed E-state index contributed by atoms with van der Waals surface area (Å²) >= 11 is 0. The number of para-hydroxylation sites is 1. The van der Waals surface area contributed by atoms with E-state index >= 15 is 0 Å². The van der Waals surface area contributed by atoms with Crippen LogP contribution in [-0.2, 0) is 4.74 Å². The van der Waals surface area contributed by atoms with Crippen molar-refractivity contribution in [2.75, 3.05) is 32.8 Å². The van der Waals surface area contributed by atoms with Gasteiger partial charge in [-0.1, -0.05) is 18.2 Å². The fourth-order valence-electron chi connectivity index (χ4n) is 3.49. The summed E-state index contributed by atoms with van der Waals surface area (Å²) in [4.78, 5) is 2.63. The minimum atomic E-state index is 0.205.